The van der Waals surface area contributed by atoms with Crippen molar-refractivity contribution in [3.8, 4) is 11.5 Å². The molecule has 296 valence electrons. The summed E-state index contributed by atoms with van der Waals surface area (Å²) >= 11 is 0. The lowest BCUT2D eigenvalue weighted by atomic mass is 9.80. The summed E-state index contributed by atoms with van der Waals surface area (Å²) in [5, 5.41) is 2.86. The van der Waals surface area contributed by atoms with Crippen LogP contribution in [-0.4, -0.2) is 82.8 Å². The van der Waals surface area contributed by atoms with Crippen molar-refractivity contribution in [1.29, 1.82) is 0 Å². The van der Waals surface area contributed by atoms with E-state index < -0.39 is 23.7 Å². The number of rotatable bonds is 19. The molecule has 0 aliphatic carbocycles. The van der Waals surface area contributed by atoms with Gasteiger partial charge in [-0.3, -0.25) is 14.5 Å². The second-order valence-corrected chi connectivity index (χ2v) is 14.0. The van der Waals surface area contributed by atoms with Crippen LogP contribution in [-0.2, 0) is 30.0 Å². The first-order chi connectivity index (χ1) is 26.9. The van der Waals surface area contributed by atoms with Gasteiger partial charge >= 0.3 is 12.0 Å². The molecule has 56 heavy (non-hydrogen) atoms. The number of amides is 3. The van der Waals surface area contributed by atoms with Crippen molar-refractivity contribution in [2.45, 2.75) is 51.2 Å². The summed E-state index contributed by atoms with van der Waals surface area (Å²) in [4.78, 5) is 42.3. The Balaban J connectivity index is 1.58. The van der Waals surface area contributed by atoms with Crippen molar-refractivity contribution in [1.82, 2.24) is 10.2 Å². The number of hydrogen-bond acceptors (Lipinski definition) is 8. The van der Waals surface area contributed by atoms with Crippen molar-refractivity contribution in [2.24, 2.45) is 4.99 Å². The average Bonchev–Trinajstić information content (AvgIpc) is 3.21. The molecule has 0 fully saturated rings. The molecule has 0 spiro atoms. The summed E-state index contributed by atoms with van der Waals surface area (Å²) in [6, 6.07) is 32.2. The van der Waals surface area contributed by atoms with Gasteiger partial charge in [-0.2, -0.15) is 0 Å². The van der Waals surface area contributed by atoms with Gasteiger partial charge < -0.3 is 29.0 Å². The summed E-state index contributed by atoms with van der Waals surface area (Å²) in [5.74, 6) is 0.737. The van der Waals surface area contributed by atoms with Crippen molar-refractivity contribution >= 4 is 24.6 Å². The molecule has 0 bridgehead atoms. The number of ether oxygens (including phenoxy) is 5. The van der Waals surface area contributed by atoms with E-state index in [2.05, 4.69) is 37.8 Å². The van der Waals surface area contributed by atoms with E-state index in [4.69, 9.17) is 23.7 Å². The molecule has 4 rings (SSSR count). The highest BCUT2D eigenvalue weighted by molar-refractivity contribution is 5.94. The van der Waals surface area contributed by atoms with Gasteiger partial charge in [-0.25, -0.2) is 9.79 Å². The molecule has 11 heteroatoms. The maximum atomic E-state index is 12.9. The van der Waals surface area contributed by atoms with Gasteiger partial charge in [0.15, 0.2) is 0 Å². The lowest BCUT2D eigenvalue weighted by Gasteiger charge is -2.37. The molecule has 4 aromatic carbocycles. The maximum Gasteiger partial charge on any atom is 0.346 e. The SMILES string of the molecule is C=NC(=O)N(/C=C\CNC(=O)c1ccc(C(C)(C)C)cc1)CC[C@@H](COC(c1ccccc1)(c1ccc(OC)cc1)c1ccc(OC)cc1)OCCOC(C)=O. The Hall–Kier alpha value is -5.78. The second-order valence-electron chi connectivity index (χ2n) is 14.0. The number of aliphatic imine (C=N–C) groups is 1. The number of nitrogens with one attached hydrogen (secondary N) is 1. The normalized spacial score (nSPS) is 12.1. The molecule has 0 radical (unpaired) electrons. The zero-order valence-electron chi connectivity index (χ0n) is 33.2. The molecular weight excluding hydrogens is 711 g/mol. The molecule has 11 nitrogen and oxygen atoms in total. The first kappa shape index (κ1) is 43.0. The molecule has 0 aliphatic heterocycles. The molecule has 0 saturated carbocycles. The Morgan fingerprint density at radius 2 is 1.34 bits per heavy atom. The number of urea groups is 1. The number of nitrogens with zero attached hydrogens (tertiary/aromatic N) is 2. The fourth-order valence-corrected chi connectivity index (χ4v) is 6.07. The van der Waals surface area contributed by atoms with E-state index >= 15 is 0 Å². The van der Waals surface area contributed by atoms with E-state index in [-0.39, 0.29) is 44.2 Å². The number of carbonyl (C=O) groups is 3. The third-order valence-corrected chi connectivity index (χ3v) is 9.15. The number of methoxy groups -OCH3 is 2. The quantitative estimate of drug-likeness (QED) is 0.0446. The van der Waals surface area contributed by atoms with Crippen LogP contribution in [0.15, 0.2) is 120 Å². The van der Waals surface area contributed by atoms with Gasteiger partial charge in [0.25, 0.3) is 5.91 Å². The minimum atomic E-state index is -1.11. The first-order valence-corrected chi connectivity index (χ1v) is 18.5. The van der Waals surface area contributed by atoms with Gasteiger partial charge in [0.05, 0.1) is 33.5 Å². The number of benzene rings is 4. The average molecular weight is 764 g/mol. The molecule has 0 unspecified atom stereocenters. The highest BCUT2D eigenvalue weighted by atomic mass is 16.6. The van der Waals surface area contributed by atoms with Gasteiger partial charge in [-0.05, 0) is 83.3 Å². The van der Waals surface area contributed by atoms with Crippen LogP contribution in [0.2, 0.25) is 0 Å². The Kier molecular flexibility index (Phi) is 15.9. The Bertz CT molecular complexity index is 1840. The van der Waals surface area contributed by atoms with Crippen LogP contribution in [0, 0.1) is 0 Å². The molecule has 3 amide bonds. The van der Waals surface area contributed by atoms with E-state index in [1.807, 2.05) is 91.0 Å². The van der Waals surface area contributed by atoms with E-state index in [1.54, 1.807) is 38.6 Å². The van der Waals surface area contributed by atoms with Crippen LogP contribution < -0.4 is 14.8 Å². The van der Waals surface area contributed by atoms with E-state index in [0.717, 1.165) is 22.3 Å². The van der Waals surface area contributed by atoms with Crippen LogP contribution in [0.4, 0.5) is 4.79 Å². The van der Waals surface area contributed by atoms with Crippen LogP contribution in [0.1, 0.15) is 66.7 Å². The molecule has 0 aromatic heterocycles. The summed E-state index contributed by atoms with van der Waals surface area (Å²) in [6.07, 6.45) is 2.98. The monoisotopic (exact) mass is 763 g/mol. The number of hydrogen-bond donors (Lipinski definition) is 1. The summed E-state index contributed by atoms with van der Waals surface area (Å²) in [5.41, 5.74) is 3.09. The van der Waals surface area contributed by atoms with Crippen molar-refractivity contribution in [2.75, 3.05) is 47.1 Å². The zero-order valence-corrected chi connectivity index (χ0v) is 33.2. The Morgan fingerprint density at radius 3 is 1.86 bits per heavy atom. The Labute approximate surface area is 330 Å². The Morgan fingerprint density at radius 1 is 0.786 bits per heavy atom. The van der Waals surface area contributed by atoms with Crippen molar-refractivity contribution in [3.05, 3.63) is 143 Å². The lowest BCUT2D eigenvalue weighted by molar-refractivity contribution is -0.144. The van der Waals surface area contributed by atoms with Crippen molar-refractivity contribution in [3.63, 3.8) is 0 Å². The number of carbonyl (C=O) groups excluding carboxylic acids is 3. The number of esters is 1. The second kappa shape index (κ2) is 20.8. The predicted octanol–water partition coefficient (Wildman–Crippen LogP) is 7.71. The third kappa shape index (κ3) is 11.9. The van der Waals surface area contributed by atoms with E-state index in [0.29, 0.717) is 23.5 Å². The van der Waals surface area contributed by atoms with Gasteiger partial charge in [-0.1, -0.05) is 87.5 Å². The summed E-state index contributed by atoms with van der Waals surface area (Å²) in [6.45, 7) is 11.7. The molecule has 0 heterocycles. The fraction of sp³-hybridized carbons (Fsp3) is 0.333. The van der Waals surface area contributed by atoms with E-state index in [9.17, 15) is 14.4 Å². The standard InChI is InChI=1S/C45H53N3O8/c1-33(49)54-30-31-55-41(26-29-48(43(51)46-5)28-11-27-47-42(50)34-14-16-35(17-15-34)44(2,3)4)32-56-45(36-12-9-8-10-13-36,37-18-22-39(52-6)23-19-37)38-20-24-40(53-7)25-21-38/h8-25,28,41H,5,26-27,29-32H2,1-4,6-7H3,(H,47,50)/b28-11-/t41-/m0/s1. The maximum absolute atomic E-state index is 12.9. The lowest BCUT2D eigenvalue weighted by Crippen LogP contribution is -2.38. The minimum absolute atomic E-state index is 0.0243. The first-order valence-electron chi connectivity index (χ1n) is 18.5. The molecule has 1 N–H and O–H groups in total. The van der Waals surface area contributed by atoms with E-state index in [1.165, 1.54) is 11.8 Å². The van der Waals surface area contributed by atoms with Crippen LogP contribution in [0.3, 0.4) is 0 Å². The van der Waals surface area contributed by atoms with Gasteiger partial charge in [-0.15, -0.1) is 0 Å². The highest BCUT2D eigenvalue weighted by Gasteiger charge is 2.38. The third-order valence-electron chi connectivity index (χ3n) is 9.15. The molecule has 0 aliphatic rings. The van der Waals surface area contributed by atoms with Gasteiger partial charge in [0, 0.05) is 31.8 Å². The van der Waals surface area contributed by atoms with Crippen LogP contribution in [0.5, 0.6) is 11.5 Å². The van der Waals surface area contributed by atoms with Crippen molar-refractivity contribution < 1.29 is 38.1 Å². The van der Waals surface area contributed by atoms with Gasteiger partial charge in [0.2, 0.25) is 0 Å². The smallest absolute Gasteiger partial charge is 0.346 e. The molecular formula is C45H53N3O8. The molecule has 1 atom stereocenters. The van der Waals surface area contributed by atoms with Gasteiger partial charge in [0.1, 0.15) is 23.7 Å². The molecule has 4 aromatic rings. The van der Waals surface area contributed by atoms with Crippen LogP contribution in [0.25, 0.3) is 0 Å². The summed E-state index contributed by atoms with van der Waals surface area (Å²) in [7, 11) is 3.23. The topological polar surface area (TPSA) is 125 Å². The highest BCUT2D eigenvalue weighted by Crippen LogP contribution is 2.42. The largest absolute Gasteiger partial charge is 0.497 e. The zero-order chi connectivity index (χ0) is 40.6. The summed E-state index contributed by atoms with van der Waals surface area (Å²) < 4.78 is 29.4. The molecule has 0 saturated heterocycles. The fourth-order valence-electron chi connectivity index (χ4n) is 6.07. The minimum Gasteiger partial charge on any atom is -0.497 e. The van der Waals surface area contributed by atoms with Crippen LogP contribution >= 0.6 is 0 Å². The predicted molar refractivity (Wildman–Crippen MR) is 218 cm³/mol.